The maximum atomic E-state index is 6.17. The van der Waals surface area contributed by atoms with Crippen LogP contribution in [0.2, 0.25) is 0 Å². The smallest absolute Gasteiger partial charge is 0.0174 e. The molecule has 1 fully saturated rings. The van der Waals surface area contributed by atoms with Gasteiger partial charge in [0, 0.05) is 23.0 Å². The van der Waals surface area contributed by atoms with E-state index in [2.05, 4.69) is 30.4 Å². The Morgan fingerprint density at radius 2 is 2.27 bits per heavy atom. The molecule has 1 aliphatic heterocycles. The topological polar surface area (TPSA) is 15.3 Å². The van der Waals surface area contributed by atoms with Gasteiger partial charge in [0.15, 0.2) is 0 Å². The molecule has 1 N–H and O–H groups in total. The van der Waals surface area contributed by atoms with Crippen molar-refractivity contribution in [3.8, 4) is 0 Å². The molecule has 2 nitrogen and oxygen atoms in total. The third kappa shape index (κ3) is 2.38. The average molecular weight is 229 g/mol. The van der Waals surface area contributed by atoms with Crippen molar-refractivity contribution in [3.05, 3.63) is 11.1 Å². The normalized spacial score (nSPS) is 38.1. The largest absolute Gasteiger partial charge is 0.316 e. The number of hydrogen-bond acceptors (Lipinski definition) is 2. The van der Waals surface area contributed by atoms with E-state index in [0.717, 1.165) is 11.5 Å². The molecule has 86 valence electrons. The van der Waals surface area contributed by atoms with Gasteiger partial charge in [-0.25, -0.2) is 0 Å². The number of fused-ring (bicyclic) bond motifs is 1. The minimum absolute atomic E-state index is 0.601. The number of allylic oxidation sites excluding steroid dienone is 1. The predicted molar refractivity (Wildman–Crippen MR) is 65.2 cm³/mol. The summed E-state index contributed by atoms with van der Waals surface area (Å²) in [7, 11) is 4.33. The first-order valence-electron chi connectivity index (χ1n) is 5.96. The number of nitrogens with zero attached hydrogens (tertiary/aromatic N) is 1. The molecule has 0 saturated carbocycles. The lowest BCUT2D eigenvalue weighted by Gasteiger charge is -2.37. The second-order valence-electron chi connectivity index (χ2n) is 4.81. The fourth-order valence-corrected chi connectivity index (χ4v) is 3.29. The predicted octanol–water partition coefficient (Wildman–Crippen LogP) is 2.20. The van der Waals surface area contributed by atoms with Gasteiger partial charge in [0.05, 0.1) is 0 Å². The van der Waals surface area contributed by atoms with E-state index in [-0.39, 0.29) is 0 Å². The Labute approximate surface area is 97.7 Å². The Bertz CT molecular complexity index is 252. The van der Waals surface area contributed by atoms with Crippen molar-refractivity contribution in [1.82, 2.24) is 10.2 Å². The summed E-state index contributed by atoms with van der Waals surface area (Å²) in [5.74, 6) is 0.601. The highest BCUT2D eigenvalue weighted by Gasteiger charge is 2.34. The Hall–Kier alpha value is -0.0500. The molecule has 0 spiro atoms. The zero-order chi connectivity index (χ0) is 10.8. The van der Waals surface area contributed by atoms with Crippen molar-refractivity contribution in [2.75, 3.05) is 20.6 Å². The molecule has 0 aromatic carbocycles. The van der Waals surface area contributed by atoms with Crippen molar-refractivity contribution >= 4 is 11.6 Å². The molecule has 1 saturated heterocycles. The summed E-state index contributed by atoms with van der Waals surface area (Å²) in [5.41, 5.74) is 0. The molecular weight excluding hydrogens is 208 g/mol. The maximum absolute atomic E-state index is 6.17. The van der Waals surface area contributed by atoms with Gasteiger partial charge in [0.25, 0.3) is 0 Å². The second kappa shape index (κ2) is 4.86. The second-order valence-corrected chi connectivity index (χ2v) is 5.30. The Balaban J connectivity index is 2.21. The Morgan fingerprint density at radius 1 is 1.47 bits per heavy atom. The highest BCUT2D eigenvalue weighted by Crippen LogP contribution is 2.34. The first-order chi connectivity index (χ1) is 7.22. The highest BCUT2D eigenvalue weighted by molar-refractivity contribution is 6.29. The zero-order valence-corrected chi connectivity index (χ0v) is 10.4. The van der Waals surface area contributed by atoms with Crippen molar-refractivity contribution in [3.63, 3.8) is 0 Å². The number of rotatable bonds is 1. The molecule has 3 atom stereocenters. The van der Waals surface area contributed by atoms with Crippen LogP contribution in [0.1, 0.15) is 25.7 Å². The number of likely N-dealkylation sites (tertiary alicyclic amines) is 1. The molecule has 2 aliphatic rings. The van der Waals surface area contributed by atoms with Crippen LogP contribution in [0.15, 0.2) is 11.1 Å². The summed E-state index contributed by atoms with van der Waals surface area (Å²) in [6.45, 7) is 1.23. The van der Waals surface area contributed by atoms with Crippen molar-refractivity contribution < 1.29 is 0 Å². The van der Waals surface area contributed by atoms with E-state index >= 15 is 0 Å². The quantitative estimate of drug-likeness (QED) is 0.741. The van der Waals surface area contributed by atoms with Gasteiger partial charge in [0.2, 0.25) is 0 Å². The third-order valence-corrected chi connectivity index (χ3v) is 4.24. The van der Waals surface area contributed by atoms with E-state index in [4.69, 9.17) is 11.6 Å². The summed E-state index contributed by atoms with van der Waals surface area (Å²) >= 11 is 6.17. The summed E-state index contributed by atoms with van der Waals surface area (Å²) < 4.78 is 0. The first-order valence-corrected chi connectivity index (χ1v) is 6.34. The molecule has 1 aliphatic carbocycles. The fraction of sp³-hybridized carbons (Fsp3) is 0.833. The average Bonchev–Trinajstić information content (AvgIpc) is 2.38. The van der Waals surface area contributed by atoms with Crippen LogP contribution in [0.5, 0.6) is 0 Å². The van der Waals surface area contributed by atoms with Gasteiger partial charge in [-0.1, -0.05) is 17.7 Å². The lowest BCUT2D eigenvalue weighted by molar-refractivity contribution is 0.183. The van der Waals surface area contributed by atoms with E-state index in [0.29, 0.717) is 18.0 Å². The number of nitrogens with one attached hydrogen (secondary N) is 1. The molecule has 0 aromatic heterocycles. The monoisotopic (exact) mass is 228 g/mol. The first kappa shape index (κ1) is 11.4. The van der Waals surface area contributed by atoms with Gasteiger partial charge in [0.1, 0.15) is 0 Å². The molecule has 0 amide bonds. The maximum Gasteiger partial charge on any atom is 0.0174 e. The third-order valence-electron chi connectivity index (χ3n) is 3.92. The van der Waals surface area contributed by atoms with E-state index < -0.39 is 0 Å². The highest BCUT2D eigenvalue weighted by atomic mass is 35.5. The molecule has 3 unspecified atom stereocenters. The van der Waals surface area contributed by atoms with Crippen LogP contribution >= 0.6 is 11.6 Å². The molecule has 3 heteroatoms. The van der Waals surface area contributed by atoms with E-state index in [1.54, 1.807) is 0 Å². The molecule has 15 heavy (non-hydrogen) atoms. The molecule has 1 heterocycles. The molecule has 2 rings (SSSR count). The standard InChI is InChI=1S/C12H21ClN2/c1-14-11-4-3-7-15(2)12-6-5-9(13)8-10(11)12/h8,10-12,14H,3-7H2,1-2H3. The SMILES string of the molecule is CNC1CCCN(C)C2CCC(Cl)=CC12. The van der Waals surface area contributed by atoms with Crippen molar-refractivity contribution in [2.45, 2.75) is 37.8 Å². The van der Waals surface area contributed by atoms with Gasteiger partial charge >= 0.3 is 0 Å². The van der Waals surface area contributed by atoms with Gasteiger partial charge < -0.3 is 10.2 Å². The minimum Gasteiger partial charge on any atom is -0.316 e. The van der Waals surface area contributed by atoms with Crippen molar-refractivity contribution in [1.29, 1.82) is 0 Å². The van der Waals surface area contributed by atoms with Crippen LogP contribution in [-0.4, -0.2) is 37.6 Å². The Kier molecular flexibility index (Phi) is 3.70. The van der Waals surface area contributed by atoms with Crippen LogP contribution in [0.3, 0.4) is 0 Å². The van der Waals surface area contributed by atoms with Crippen LogP contribution in [-0.2, 0) is 0 Å². The van der Waals surface area contributed by atoms with Gasteiger partial charge in [-0.3, -0.25) is 0 Å². The van der Waals surface area contributed by atoms with E-state index in [1.165, 1.54) is 25.8 Å². The summed E-state index contributed by atoms with van der Waals surface area (Å²) in [6.07, 6.45) is 7.13. The fourth-order valence-electron chi connectivity index (χ4n) is 3.04. The van der Waals surface area contributed by atoms with Crippen LogP contribution < -0.4 is 5.32 Å². The lowest BCUT2D eigenvalue weighted by Crippen LogP contribution is -2.45. The molecule has 0 aromatic rings. The van der Waals surface area contributed by atoms with Crippen LogP contribution in [0.4, 0.5) is 0 Å². The van der Waals surface area contributed by atoms with E-state index in [1.807, 2.05) is 0 Å². The summed E-state index contributed by atoms with van der Waals surface area (Å²) in [4.78, 5) is 2.52. The van der Waals surface area contributed by atoms with Crippen molar-refractivity contribution in [2.24, 2.45) is 5.92 Å². The zero-order valence-electron chi connectivity index (χ0n) is 9.67. The Morgan fingerprint density at radius 3 is 3.00 bits per heavy atom. The van der Waals surface area contributed by atoms with Gasteiger partial charge in [-0.2, -0.15) is 0 Å². The van der Waals surface area contributed by atoms with Gasteiger partial charge in [-0.05, 0) is 46.3 Å². The van der Waals surface area contributed by atoms with Gasteiger partial charge in [-0.15, -0.1) is 0 Å². The van der Waals surface area contributed by atoms with E-state index in [9.17, 15) is 0 Å². The number of hydrogen-bond donors (Lipinski definition) is 1. The number of halogens is 1. The lowest BCUT2D eigenvalue weighted by atomic mass is 9.83. The molecule has 0 bridgehead atoms. The minimum atomic E-state index is 0.601. The summed E-state index contributed by atoms with van der Waals surface area (Å²) in [6, 6.07) is 1.29. The summed E-state index contributed by atoms with van der Waals surface area (Å²) in [5, 5.41) is 4.52. The van der Waals surface area contributed by atoms with Crippen LogP contribution in [0.25, 0.3) is 0 Å². The molecular formula is C12H21ClN2. The van der Waals surface area contributed by atoms with Crippen LogP contribution in [0, 0.1) is 5.92 Å². The molecule has 0 radical (unpaired) electrons.